The van der Waals surface area contributed by atoms with Gasteiger partial charge in [0.15, 0.2) is 0 Å². The van der Waals surface area contributed by atoms with Gasteiger partial charge in [-0.3, -0.25) is 0 Å². The van der Waals surface area contributed by atoms with Gasteiger partial charge in [-0.25, -0.2) is 0 Å². The Morgan fingerprint density at radius 1 is 1.36 bits per heavy atom. The van der Waals surface area contributed by atoms with Crippen LogP contribution in [-0.2, 0) is 0 Å². The van der Waals surface area contributed by atoms with Crippen LogP contribution in [0.2, 0.25) is 0 Å². The molecule has 0 rings (SSSR count). The topological polar surface area (TPSA) is 0 Å². The maximum absolute atomic E-state index is 5.92. The highest BCUT2D eigenvalue weighted by atomic mass is 35.5. The van der Waals surface area contributed by atoms with Gasteiger partial charge in [-0.15, -0.1) is 11.6 Å². The molecule has 1 heteroatoms. The first-order chi connectivity index (χ1) is 5.02. The van der Waals surface area contributed by atoms with Gasteiger partial charge in [0.1, 0.15) is 0 Å². The summed E-state index contributed by atoms with van der Waals surface area (Å²) in [6, 6.07) is 0. The van der Waals surface area contributed by atoms with E-state index < -0.39 is 0 Å². The molecule has 0 aliphatic heterocycles. The van der Waals surface area contributed by atoms with E-state index in [1.165, 1.54) is 5.57 Å². The van der Waals surface area contributed by atoms with Gasteiger partial charge in [0.05, 0.1) is 5.38 Å². The third kappa shape index (κ3) is 7.41. The van der Waals surface area contributed by atoms with Crippen LogP contribution in [0, 0.1) is 0 Å². The van der Waals surface area contributed by atoms with Gasteiger partial charge in [0.2, 0.25) is 0 Å². The van der Waals surface area contributed by atoms with Crippen molar-refractivity contribution < 1.29 is 0 Å². The second kappa shape index (κ2) is 5.20. The summed E-state index contributed by atoms with van der Waals surface area (Å²) >= 11 is 5.92. The van der Waals surface area contributed by atoms with Gasteiger partial charge in [-0.05, 0) is 20.8 Å². The molecule has 0 saturated heterocycles. The molecule has 1 atom stereocenters. The van der Waals surface area contributed by atoms with E-state index in [4.69, 9.17) is 11.6 Å². The first kappa shape index (κ1) is 10.5. The third-order valence-electron chi connectivity index (χ3n) is 1.06. The van der Waals surface area contributed by atoms with E-state index in [0.29, 0.717) is 0 Å². The lowest BCUT2D eigenvalue weighted by Crippen LogP contribution is -1.87. The first-order valence-corrected chi connectivity index (χ1v) is 4.09. The minimum Gasteiger partial charge on any atom is -0.114 e. The molecule has 0 aromatic heterocycles. The Morgan fingerprint density at radius 3 is 2.27 bits per heavy atom. The third-order valence-corrected chi connectivity index (χ3v) is 1.33. The number of allylic oxidation sites excluding steroid dienone is 5. The summed E-state index contributed by atoms with van der Waals surface area (Å²) in [5, 5.41) is -0.00306. The maximum Gasteiger partial charge on any atom is 0.0702 e. The molecular formula is C10H15Cl. The van der Waals surface area contributed by atoms with Gasteiger partial charge in [0, 0.05) is 0 Å². The molecule has 11 heavy (non-hydrogen) atoms. The summed E-state index contributed by atoms with van der Waals surface area (Å²) in [7, 11) is 0. The molecule has 0 aliphatic carbocycles. The van der Waals surface area contributed by atoms with E-state index in [0.717, 1.165) is 5.57 Å². The Kier molecular flexibility index (Phi) is 4.97. The average Bonchev–Trinajstić information content (AvgIpc) is 1.82. The highest BCUT2D eigenvalue weighted by Crippen LogP contribution is 2.05. The molecule has 62 valence electrons. The smallest absolute Gasteiger partial charge is 0.0702 e. The van der Waals surface area contributed by atoms with Crippen LogP contribution in [0.25, 0.3) is 0 Å². The molecule has 0 aromatic rings. The number of hydrogen-bond acceptors (Lipinski definition) is 0. The minimum absolute atomic E-state index is 0.00306. The monoisotopic (exact) mass is 170 g/mol. The largest absolute Gasteiger partial charge is 0.114 e. The highest BCUT2D eigenvalue weighted by Gasteiger charge is 1.91. The molecule has 0 radical (unpaired) electrons. The van der Waals surface area contributed by atoms with Crippen LogP contribution in [-0.4, -0.2) is 5.38 Å². The van der Waals surface area contributed by atoms with Crippen molar-refractivity contribution in [2.45, 2.75) is 26.1 Å². The van der Waals surface area contributed by atoms with Crippen molar-refractivity contribution in [2.24, 2.45) is 0 Å². The standard InChI is InChI=1S/C10H15Cl/c1-8(2)5-6-10(11)7-9(3)4/h5-7,10H,1H2,2-4H3/b6-5-. The van der Waals surface area contributed by atoms with E-state index in [-0.39, 0.29) is 5.38 Å². The normalized spacial score (nSPS) is 13.1. The van der Waals surface area contributed by atoms with Crippen molar-refractivity contribution in [3.8, 4) is 0 Å². The fraction of sp³-hybridized carbons (Fsp3) is 0.400. The quantitative estimate of drug-likeness (QED) is 0.344. The fourth-order valence-corrected chi connectivity index (χ4v) is 0.955. The zero-order valence-corrected chi connectivity index (χ0v) is 8.15. The van der Waals surface area contributed by atoms with E-state index in [1.54, 1.807) is 0 Å². The Balaban J connectivity index is 3.97. The molecule has 0 saturated carbocycles. The number of alkyl halides is 1. The lowest BCUT2D eigenvalue weighted by Gasteiger charge is -1.96. The van der Waals surface area contributed by atoms with Gasteiger partial charge >= 0.3 is 0 Å². The molecule has 0 fully saturated rings. The Labute approximate surface area is 74.3 Å². The predicted molar refractivity (Wildman–Crippen MR) is 53.0 cm³/mol. The first-order valence-electron chi connectivity index (χ1n) is 3.65. The van der Waals surface area contributed by atoms with Gasteiger partial charge in [-0.2, -0.15) is 0 Å². The predicted octanol–water partition coefficient (Wildman–Crippen LogP) is 3.69. The second-order valence-electron chi connectivity index (χ2n) is 2.89. The molecule has 0 bridgehead atoms. The van der Waals surface area contributed by atoms with E-state index in [9.17, 15) is 0 Å². The number of rotatable bonds is 3. The average molecular weight is 171 g/mol. The highest BCUT2D eigenvalue weighted by molar-refractivity contribution is 6.23. The van der Waals surface area contributed by atoms with Crippen molar-refractivity contribution in [3.05, 3.63) is 36.0 Å². The summed E-state index contributed by atoms with van der Waals surface area (Å²) in [4.78, 5) is 0. The zero-order chi connectivity index (χ0) is 8.85. The van der Waals surface area contributed by atoms with Crippen molar-refractivity contribution >= 4 is 11.6 Å². The fourth-order valence-electron chi connectivity index (χ4n) is 0.630. The number of halogens is 1. The van der Waals surface area contributed by atoms with Crippen LogP contribution < -0.4 is 0 Å². The van der Waals surface area contributed by atoms with Crippen LogP contribution in [0.5, 0.6) is 0 Å². The molecule has 0 N–H and O–H groups in total. The second-order valence-corrected chi connectivity index (χ2v) is 3.40. The van der Waals surface area contributed by atoms with Gasteiger partial charge in [-0.1, -0.05) is 36.0 Å². The van der Waals surface area contributed by atoms with Crippen LogP contribution in [0.15, 0.2) is 36.0 Å². The Morgan fingerprint density at radius 2 is 1.91 bits per heavy atom. The lowest BCUT2D eigenvalue weighted by molar-refractivity contribution is 1.28. The van der Waals surface area contributed by atoms with Crippen LogP contribution >= 0.6 is 11.6 Å². The lowest BCUT2D eigenvalue weighted by atomic mass is 10.2. The van der Waals surface area contributed by atoms with Crippen LogP contribution in [0.3, 0.4) is 0 Å². The minimum atomic E-state index is -0.00306. The van der Waals surface area contributed by atoms with E-state index in [2.05, 4.69) is 6.58 Å². The van der Waals surface area contributed by atoms with Crippen molar-refractivity contribution in [2.75, 3.05) is 0 Å². The van der Waals surface area contributed by atoms with Crippen molar-refractivity contribution in [3.63, 3.8) is 0 Å². The van der Waals surface area contributed by atoms with Crippen LogP contribution in [0.4, 0.5) is 0 Å². The maximum atomic E-state index is 5.92. The summed E-state index contributed by atoms with van der Waals surface area (Å²) in [6.45, 7) is 9.75. The molecular weight excluding hydrogens is 156 g/mol. The molecule has 0 spiro atoms. The zero-order valence-electron chi connectivity index (χ0n) is 7.39. The van der Waals surface area contributed by atoms with E-state index in [1.807, 2.05) is 39.0 Å². The summed E-state index contributed by atoms with van der Waals surface area (Å²) < 4.78 is 0. The van der Waals surface area contributed by atoms with Gasteiger partial charge in [0.25, 0.3) is 0 Å². The van der Waals surface area contributed by atoms with E-state index >= 15 is 0 Å². The Hall–Kier alpha value is -0.490. The van der Waals surface area contributed by atoms with Crippen molar-refractivity contribution in [1.82, 2.24) is 0 Å². The van der Waals surface area contributed by atoms with Crippen LogP contribution in [0.1, 0.15) is 20.8 Å². The summed E-state index contributed by atoms with van der Waals surface area (Å²) in [5.74, 6) is 0. The summed E-state index contributed by atoms with van der Waals surface area (Å²) in [6.07, 6.45) is 5.86. The molecule has 0 amide bonds. The molecule has 0 nitrogen and oxygen atoms in total. The molecule has 1 unspecified atom stereocenters. The molecule has 0 aliphatic rings. The summed E-state index contributed by atoms with van der Waals surface area (Å²) in [5.41, 5.74) is 2.26. The molecule has 0 heterocycles. The number of hydrogen-bond donors (Lipinski definition) is 0. The SMILES string of the molecule is C=C(C)/C=C\C(Cl)C=C(C)C. The van der Waals surface area contributed by atoms with Crippen molar-refractivity contribution in [1.29, 1.82) is 0 Å². The van der Waals surface area contributed by atoms with Gasteiger partial charge < -0.3 is 0 Å². The molecule has 0 aromatic carbocycles. The Bertz CT molecular complexity index is 183.